The molecule has 0 bridgehead atoms. The smallest absolute Gasteiger partial charge is 0.305 e. The van der Waals surface area contributed by atoms with E-state index in [1.54, 1.807) is 25.1 Å². The van der Waals surface area contributed by atoms with Gasteiger partial charge in [0.25, 0.3) is 0 Å². The minimum Gasteiger partial charge on any atom is -0.454 e. The summed E-state index contributed by atoms with van der Waals surface area (Å²) in [5, 5.41) is 0.897. The maximum absolute atomic E-state index is 10.6. The highest BCUT2D eigenvalue weighted by molar-refractivity contribution is 6.35. The molecular formula is C10H10Cl2O3. The summed E-state index contributed by atoms with van der Waals surface area (Å²) in [6.07, 6.45) is -0.679. The van der Waals surface area contributed by atoms with E-state index < -0.39 is 12.3 Å². The first-order valence-corrected chi connectivity index (χ1v) is 5.03. The van der Waals surface area contributed by atoms with E-state index in [0.717, 1.165) is 0 Å². The van der Waals surface area contributed by atoms with Gasteiger partial charge in [0.15, 0.2) is 0 Å². The fourth-order valence-electron chi connectivity index (χ4n) is 1.01. The lowest BCUT2D eigenvalue weighted by molar-refractivity contribution is -0.158. The molecule has 82 valence electrons. The van der Waals surface area contributed by atoms with Crippen molar-refractivity contribution >= 4 is 29.2 Å². The van der Waals surface area contributed by atoms with Crippen molar-refractivity contribution in [2.24, 2.45) is 0 Å². The maximum atomic E-state index is 10.6. The summed E-state index contributed by atoms with van der Waals surface area (Å²) >= 11 is 11.6. The second-order valence-corrected chi connectivity index (χ2v) is 3.71. The van der Waals surface area contributed by atoms with Gasteiger partial charge < -0.3 is 9.47 Å². The molecule has 1 aromatic carbocycles. The van der Waals surface area contributed by atoms with Gasteiger partial charge in [-0.05, 0) is 18.2 Å². The number of carbonyl (C=O) groups excluding carboxylic acids is 1. The van der Waals surface area contributed by atoms with Gasteiger partial charge in [-0.3, -0.25) is 4.79 Å². The fraction of sp³-hybridized carbons (Fsp3) is 0.300. The molecule has 0 fully saturated rings. The Hall–Kier alpha value is -0.930. The first-order valence-electron chi connectivity index (χ1n) is 4.28. The molecule has 15 heavy (non-hydrogen) atoms. The van der Waals surface area contributed by atoms with E-state index in [-0.39, 0.29) is 0 Å². The lowest BCUT2D eigenvalue weighted by atomic mass is 10.3. The normalized spacial score (nSPS) is 12.0. The number of ether oxygens (including phenoxy) is 2. The summed E-state index contributed by atoms with van der Waals surface area (Å²) in [7, 11) is 0. The number of carbonyl (C=O) groups is 1. The molecule has 0 saturated heterocycles. The van der Waals surface area contributed by atoms with Crippen molar-refractivity contribution in [3.63, 3.8) is 0 Å². The maximum Gasteiger partial charge on any atom is 0.305 e. The lowest BCUT2D eigenvalue weighted by Crippen LogP contribution is -2.19. The Bertz CT molecular complexity index is 366. The van der Waals surface area contributed by atoms with Gasteiger partial charge in [-0.15, -0.1) is 0 Å². The van der Waals surface area contributed by atoms with Crippen molar-refractivity contribution in [3.8, 4) is 5.75 Å². The second kappa shape index (κ2) is 5.24. The Balaban J connectivity index is 2.68. The van der Waals surface area contributed by atoms with Crippen LogP contribution in [0.2, 0.25) is 10.0 Å². The van der Waals surface area contributed by atoms with Crippen molar-refractivity contribution in [1.29, 1.82) is 0 Å². The minimum atomic E-state index is -0.679. The van der Waals surface area contributed by atoms with E-state index in [2.05, 4.69) is 0 Å². The summed E-state index contributed by atoms with van der Waals surface area (Å²) in [6.45, 7) is 2.91. The van der Waals surface area contributed by atoms with Crippen molar-refractivity contribution in [2.75, 3.05) is 0 Å². The Morgan fingerprint density at radius 2 is 2.07 bits per heavy atom. The molecule has 1 rings (SSSR count). The molecule has 0 aromatic heterocycles. The van der Waals surface area contributed by atoms with Crippen LogP contribution in [0.3, 0.4) is 0 Å². The number of halogens is 2. The van der Waals surface area contributed by atoms with Crippen LogP contribution in [0.4, 0.5) is 0 Å². The van der Waals surface area contributed by atoms with Crippen LogP contribution in [0.5, 0.6) is 5.75 Å². The van der Waals surface area contributed by atoms with E-state index >= 15 is 0 Å². The molecule has 1 aromatic rings. The standard InChI is InChI=1S/C10H10Cl2O3/c1-6(13)14-7(2)15-10-4-3-8(11)5-9(10)12/h3-5,7H,1-2H3. The van der Waals surface area contributed by atoms with Crippen molar-refractivity contribution in [3.05, 3.63) is 28.2 Å². The van der Waals surface area contributed by atoms with Gasteiger partial charge in [0.05, 0.1) is 5.02 Å². The van der Waals surface area contributed by atoms with Crippen LogP contribution in [-0.4, -0.2) is 12.3 Å². The average Bonchev–Trinajstić information content (AvgIpc) is 2.08. The molecule has 0 aliphatic rings. The molecular weight excluding hydrogens is 239 g/mol. The fourth-order valence-corrected chi connectivity index (χ4v) is 1.46. The van der Waals surface area contributed by atoms with E-state index in [4.69, 9.17) is 32.7 Å². The van der Waals surface area contributed by atoms with Crippen LogP contribution in [0.25, 0.3) is 0 Å². The summed E-state index contributed by atoms with van der Waals surface area (Å²) in [5.74, 6) is 0.0161. The van der Waals surface area contributed by atoms with E-state index in [1.807, 2.05) is 0 Å². The van der Waals surface area contributed by atoms with Gasteiger partial charge in [-0.2, -0.15) is 0 Å². The Labute approximate surface area is 97.9 Å². The van der Waals surface area contributed by atoms with Gasteiger partial charge in [0, 0.05) is 18.9 Å². The zero-order chi connectivity index (χ0) is 11.4. The number of benzene rings is 1. The minimum absolute atomic E-state index is 0.376. The predicted molar refractivity (Wildman–Crippen MR) is 58.3 cm³/mol. The molecule has 3 nitrogen and oxygen atoms in total. The molecule has 0 aliphatic heterocycles. The zero-order valence-corrected chi connectivity index (χ0v) is 9.80. The van der Waals surface area contributed by atoms with E-state index in [0.29, 0.717) is 15.8 Å². The summed E-state index contributed by atoms with van der Waals surface area (Å²) < 4.78 is 10.1. The summed E-state index contributed by atoms with van der Waals surface area (Å²) in [6, 6.07) is 4.81. The molecule has 1 unspecified atom stereocenters. The summed E-state index contributed by atoms with van der Waals surface area (Å²) in [4.78, 5) is 10.6. The van der Waals surface area contributed by atoms with Crippen LogP contribution in [-0.2, 0) is 9.53 Å². The van der Waals surface area contributed by atoms with Crippen molar-refractivity contribution in [1.82, 2.24) is 0 Å². The van der Waals surface area contributed by atoms with Gasteiger partial charge >= 0.3 is 5.97 Å². The monoisotopic (exact) mass is 248 g/mol. The topological polar surface area (TPSA) is 35.5 Å². The predicted octanol–water partition coefficient (Wildman–Crippen LogP) is 3.28. The molecule has 0 saturated carbocycles. The van der Waals surface area contributed by atoms with Crippen LogP contribution >= 0.6 is 23.2 Å². The summed E-state index contributed by atoms with van der Waals surface area (Å²) in [5.41, 5.74) is 0. The third-order valence-corrected chi connectivity index (χ3v) is 2.05. The Kier molecular flexibility index (Phi) is 4.24. The highest BCUT2D eigenvalue weighted by Gasteiger charge is 2.09. The van der Waals surface area contributed by atoms with Crippen LogP contribution < -0.4 is 4.74 Å². The highest BCUT2D eigenvalue weighted by Crippen LogP contribution is 2.28. The largest absolute Gasteiger partial charge is 0.454 e. The van der Waals surface area contributed by atoms with E-state index in [1.165, 1.54) is 6.92 Å². The molecule has 5 heteroatoms. The molecule has 0 aliphatic carbocycles. The molecule has 0 N–H and O–H groups in total. The lowest BCUT2D eigenvalue weighted by Gasteiger charge is -2.15. The Morgan fingerprint density at radius 1 is 1.40 bits per heavy atom. The van der Waals surface area contributed by atoms with Crippen molar-refractivity contribution in [2.45, 2.75) is 20.1 Å². The Morgan fingerprint density at radius 3 is 2.60 bits per heavy atom. The number of hydrogen-bond acceptors (Lipinski definition) is 3. The molecule has 0 spiro atoms. The first-order chi connectivity index (χ1) is 6.99. The van der Waals surface area contributed by atoms with Gasteiger partial charge in [-0.25, -0.2) is 0 Å². The SMILES string of the molecule is CC(=O)OC(C)Oc1ccc(Cl)cc1Cl. The first kappa shape index (κ1) is 12.1. The third kappa shape index (κ3) is 3.98. The highest BCUT2D eigenvalue weighted by atomic mass is 35.5. The third-order valence-electron chi connectivity index (χ3n) is 1.52. The molecule has 0 radical (unpaired) electrons. The van der Waals surface area contributed by atoms with Gasteiger partial charge in [0.2, 0.25) is 6.29 Å². The van der Waals surface area contributed by atoms with Crippen LogP contribution in [0, 0.1) is 0 Å². The molecule has 1 atom stereocenters. The van der Waals surface area contributed by atoms with Crippen molar-refractivity contribution < 1.29 is 14.3 Å². The van der Waals surface area contributed by atoms with Crippen LogP contribution in [0.15, 0.2) is 18.2 Å². The molecule has 0 heterocycles. The van der Waals surface area contributed by atoms with Gasteiger partial charge in [-0.1, -0.05) is 23.2 Å². The second-order valence-electron chi connectivity index (χ2n) is 2.87. The zero-order valence-electron chi connectivity index (χ0n) is 8.29. The molecule has 0 amide bonds. The van der Waals surface area contributed by atoms with Gasteiger partial charge in [0.1, 0.15) is 5.75 Å². The quantitative estimate of drug-likeness (QED) is 0.609. The number of rotatable bonds is 3. The average molecular weight is 249 g/mol. The number of esters is 1. The number of hydrogen-bond donors (Lipinski definition) is 0. The van der Waals surface area contributed by atoms with Crippen LogP contribution in [0.1, 0.15) is 13.8 Å². The van der Waals surface area contributed by atoms with E-state index in [9.17, 15) is 4.79 Å².